The number of amides is 1. The zero-order valence-corrected chi connectivity index (χ0v) is 17.7. The first-order chi connectivity index (χ1) is 14.3. The number of ether oxygens (including phenoxy) is 1. The van der Waals surface area contributed by atoms with E-state index in [-0.39, 0.29) is 29.6 Å². The summed E-state index contributed by atoms with van der Waals surface area (Å²) in [6.45, 7) is 3.38. The summed E-state index contributed by atoms with van der Waals surface area (Å²) in [7, 11) is -3.26. The molecule has 0 aliphatic carbocycles. The third kappa shape index (κ3) is 6.45. The number of esters is 1. The monoisotopic (exact) mass is 458 g/mol. The fourth-order valence-corrected chi connectivity index (χ4v) is 3.62. The predicted molar refractivity (Wildman–Crippen MR) is 107 cm³/mol. The van der Waals surface area contributed by atoms with Crippen LogP contribution in [0.4, 0.5) is 18.9 Å². The number of benzene rings is 2. The number of methoxy groups -OCH3 is 1. The Morgan fingerprint density at radius 1 is 1.10 bits per heavy atom. The Hall–Kier alpha value is -3.08. The van der Waals surface area contributed by atoms with E-state index in [2.05, 4.69) is 14.8 Å². The summed E-state index contributed by atoms with van der Waals surface area (Å²) in [6, 6.07) is 7.22. The van der Waals surface area contributed by atoms with E-state index in [4.69, 9.17) is 0 Å². The molecule has 0 saturated heterocycles. The van der Waals surface area contributed by atoms with E-state index >= 15 is 0 Å². The highest BCUT2D eigenvalue weighted by atomic mass is 32.2. The van der Waals surface area contributed by atoms with Gasteiger partial charge in [0.2, 0.25) is 5.91 Å². The van der Waals surface area contributed by atoms with Gasteiger partial charge in [-0.05, 0) is 42.0 Å². The van der Waals surface area contributed by atoms with Crippen LogP contribution in [0.15, 0.2) is 47.4 Å². The van der Waals surface area contributed by atoms with Crippen LogP contribution >= 0.6 is 0 Å². The first-order valence-electron chi connectivity index (χ1n) is 9.03. The number of anilines is 1. The molecule has 0 unspecified atom stereocenters. The lowest BCUT2D eigenvalue weighted by molar-refractivity contribution is -0.137. The number of nitrogens with one attached hydrogen (secondary N) is 2. The molecule has 7 nitrogen and oxygen atoms in total. The highest BCUT2D eigenvalue weighted by molar-refractivity contribution is 7.92. The zero-order chi connectivity index (χ0) is 23.4. The molecule has 0 aliphatic heterocycles. The van der Waals surface area contributed by atoms with Gasteiger partial charge in [0.1, 0.15) is 0 Å². The SMILES string of the molecule is COC(=O)c1cc(CNC(=O)C(C)C)cc(NS(=O)(=O)c2cccc(C(F)(F)F)c2)c1. The molecular weight excluding hydrogens is 437 g/mol. The highest BCUT2D eigenvalue weighted by Gasteiger charge is 2.31. The van der Waals surface area contributed by atoms with Crippen LogP contribution in [0.3, 0.4) is 0 Å². The van der Waals surface area contributed by atoms with Crippen LogP contribution in [-0.4, -0.2) is 27.4 Å². The minimum absolute atomic E-state index is 0.000133. The van der Waals surface area contributed by atoms with Crippen LogP contribution in [0.1, 0.15) is 35.3 Å². The molecule has 0 atom stereocenters. The molecular formula is C20H21F3N2O5S. The smallest absolute Gasteiger partial charge is 0.416 e. The van der Waals surface area contributed by atoms with Crippen molar-refractivity contribution in [2.45, 2.75) is 31.5 Å². The molecule has 0 aliphatic rings. The summed E-state index contributed by atoms with van der Waals surface area (Å²) in [5.41, 5.74) is -0.802. The Labute approximate surface area is 177 Å². The third-order valence-electron chi connectivity index (χ3n) is 4.13. The van der Waals surface area contributed by atoms with Crippen molar-refractivity contribution in [2.75, 3.05) is 11.8 Å². The van der Waals surface area contributed by atoms with Crippen molar-refractivity contribution < 1.29 is 35.9 Å². The van der Waals surface area contributed by atoms with Gasteiger partial charge in [-0.15, -0.1) is 0 Å². The maximum absolute atomic E-state index is 12.9. The minimum Gasteiger partial charge on any atom is -0.465 e. The number of sulfonamides is 1. The van der Waals surface area contributed by atoms with Gasteiger partial charge >= 0.3 is 12.1 Å². The molecule has 0 heterocycles. The van der Waals surface area contributed by atoms with E-state index in [0.29, 0.717) is 11.6 Å². The number of rotatable bonds is 7. The molecule has 168 valence electrons. The lowest BCUT2D eigenvalue weighted by Gasteiger charge is -2.14. The van der Waals surface area contributed by atoms with Gasteiger partial charge in [0.05, 0.1) is 28.8 Å². The van der Waals surface area contributed by atoms with Crippen molar-refractivity contribution in [2.24, 2.45) is 5.92 Å². The lowest BCUT2D eigenvalue weighted by atomic mass is 10.1. The second-order valence-electron chi connectivity index (χ2n) is 6.91. The van der Waals surface area contributed by atoms with Gasteiger partial charge in [-0.25, -0.2) is 13.2 Å². The largest absolute Gasteiger partial charge is 0.465 e. The summed E-state index contributed by atoms with van der Waals surface area (Å²) in [5.74, 6) is -1.30. The molecule has 0 fully saturated rings. The molecule has 0 radical (unpaired) electrons. The normalized spacial score (nSPS) is 11.8. The summed E-state index contributed by atoms with van der Waals surface area (Å²) in [5, 5.41) is 2.64. The van der Waals surface area contributed by atoms with Crippen molar-refractivity contribution in [3.05, 3.63) is 59.2 Å². The summed E-state index contributed by atoms with van der Waals surface area (Å²) < 4.78 is 70.9. The van der Waals surface area contributed by atoms with Crippen molar-refractivity contribution in [3.63, 3.8) is 0 Å². The number of hydrogen-bond donors (Lipinski definition) is 2. The second kappa shape index (κ2) is 9.38. The van der Waals surface area contributed by atoms with Gasteiger partial charge in [-0.3, -0.25) is 9.52 Å². The molecule has 1 amide bonds. The van der Waals surface area contributed by atoms with Crippen LogP contribution in [-0.2, 0) is 32.3 Å². The molecule has 0 saturated carbocycles. The van der Waals surface area contributed by atoms with Gasteiger partial charge in [0, 0.05) is 12.5 Å². The van der Waals surface area contributed by atoms with Crippen molar-refractivity contribution >= 4 is 27.6 Å². The summed E-state index contributed by atoms with van der Waals surface area (Å²) in [4.78, 5) is 23.1. The summed E-state index contributed by atoms with van der Waals surface area (Å²) >= 11 is 0. The van der Waals surface area contributed by atoms with Crippen LogP contribution in [0.25, 0.3) is 0 Å². The fraction of sp³-hybridized carbons (Fsp3) is 0.300. The first kappa shape index (κ1) is 24.2. The van der Waals surface area contributed by atoms with E-state index in [1.165, 1.54) is 18.2 Å². The van der Waals surface area contributed by atoms with Gasteiger partial charge in [-0.2, -0.15) is 13.2 Å². The standard InChI is InChI=1S/C20H21F3N2O5S/c1-12(2)18(26)24-11-13-7-14(19(27)30-3)9-16(8-13)25-31(28,29)17-6-4-5-15(10-17)20(21,22)23/h4-10,12,25H,11H2,1-3H3,(H,24,26). The molecule has 2 rings (SSSR count). The average Bonchev–Trinajstić information content (AvgIpc) is 2.70. The molecule has 0 aromatic heterocycles. The van der Waals surface area contributed by atoms with Crippen molar-refractivity contribution in [3.8, 4) is 0 Å². The first-order valence-corrected chi connectivity index (χ1v) is 10.5. The van der Waals surface area contributed by atoms with Gasteiger partial charge in [0.25, 0.3) is 10.0 Å². The molecule has 31 heavy (non-hydrogen) atoms. The van der Waals surface area contributed by atoms with Crippen molar-refractivity contribution in [1.29, 1.82) is 0 Å². The second-order valence-corrected chi connectivity index (χ2v) is 8.60. The Kier molecular flexibility index (Phi) is 7.32. The number of halogens is 3. The molecule has 0 bridgehead atoms. The van der Waals surface area contributed by atoms with Crippen LogP contribution < -0.4 is 10.0 Å². The zero-order valence-electron chi connectivity index (χ0n) is 16.9. The molecule has 11 heteroatoms. The van der Waals surface area contributed by atoms with Crippen LogP contribution in [0.5, 0.6) is 0 Å². The Balaban J connectivity index is 2.39. The fourth-order valence-electron chi connectivity index (χ4n) is 2.54. The molecule has 2 N–H and O–H groups in total. The maximum Gasteiger partial charge on any atom is 0.416 e. The number of carbonyl (C=O) groups excluding carboxylic acids is 2. The number of hydrogen-bond acceptors (Lipinski definition) is 5. The number of alkyl halides is 3. The summed E-state index contributed by atoms with van der Waals surface area (Å²) in [6.07, 6.45) is -4.71. The Morgan fingerprint density at radius 2 is 1.77 bits per heavy atom. The van der Waals surface area contributed by atoms with Gasteiger partial charge in [0.15, 0.2) is 0 Å². The van der Waals surface area contributed by atoms with Gasteiger partial charge in [-0.1, -0.05) is 19.9 Å². The van der Waals surface area contributed by atoms with Crippen LogP contribution in [0.2, 0.25) is 0 Å². The van der Waals surface area contributed by atoms with Crippen LogP contribution in [0, 0.1) is 5.92 Å². The van der Waals surface area contributed by atoms with E-state index < -0.39 is 32.6 Å². The lowest BCUT2D eigenvalue weighted by Crippen LogP contribution is -2.27. The number of carbonyl (C=O) groups is 2. The molecule has 0 spiro atoms. The highest BCUT2D eigenvalue weighted by Crippen LogP contribution is 2.31. The maximum atomic E-state index is 12.9. The average molecular weight is 458 g/mol. The Bertz CT molecular complexity index is 1080. The Morgan fingerprint density at radius 3 is 2.35 bits per heavy atom. The predicted octanol–water partition coefficient (Wildman–Crippen LogP) is 3.57. The van der Waals surface area contributed by atoms with Crippen molar-refractivity contribution in [1.82, 2.24) is 5.32 Å². The van der Waals surface area contributed by atoms with Gasteiger partial charge < -0.3 is 10.1 Å². The van der Waals surface area contributed by atoms with E-state index in [9.17, 15) is 31.2 Å². The molecule has 2 aromatic rings. The quantitative estimate of drug-likeness (QED) is 0.618. The minimum atomic E-state index is -4.71. The third-order valence-corrected chi connectivity index (χ3v) is 5.51. The van der Waals surface area contributed by atoms with E-state index in [0.717, 1.165) is 25.3 Å². The van der Waals surface area contributed by atoms with E-state index in [1.807, 2.05) is 0 Å². The topological polar surface area (TPSA) is 102 Å². The molecule has 2 aromatic carbocycles. The van der Waals surface area contributed by atoms with E-state index in [1.54, 1.807) is 13.8 Å².